The zero-order valence-corrected chi connectivity index (χ0v) is 17.7. The van der Waals surface area contributed by atoms with Crippen molar-refractivity contribution < 1.29 is 13.2 Å². The van der Waals surface area contributed by atoms with E-state index in [0.717, 1.165) is 19.6 Å². The number of carbonyl (C=O) groups excluding carboxylic acids is 1. The van der Waals surface area contributed by atoms with E-state index in [1.165, 1.54) is 42.9 Å². The summed E-state index contributed by atoms with van der Waals surface area (Å²) in [4.78, 5) is 22.7. The summed E-state index contributed by atoms with van der Waals surface area (Å²) >= 11 is 0. The first-order valence-corrected chi connectivity index (χ1v) is 11.5. The SMILES string of the molecule is O=C(Nc1ccc(S(=O)(=O)Nc2ncccn2)cc1)c1ccc(CN2CCCC2)cc1. The lowest BCUT2D eigenvalue weighted by atomic mass is 10.1. The van der Waals surface area contributed by atoms with Crippen LogP contribution in [0, 0.1) is 0 Å². The van der Waals surface area contributed by atoms with Gasteiger partial charge in [0.15, 0.2) is 0 Å². The van der Waals surface area contributed by atoms with Crippen molar-refractivity contribution in [1.29, 1.82) is 0 Å². The van der Waals surface area contributed by atoms with Crippen molar-refractivity contribution in [3.05, 3.63) is 78.1 Å². The summed E-state index contributed by atoms with van der Waals surface area (Å²) in [5.41, 5.74) is 2.23. The molecule has 8 nitrogen and oxygen atoms in total. The molecule has 0 saturated carbocycles. The second-order valence-corrected chi connectivity index (χ2v) is 9.02. The average Bonchev–Trinajstić information content (AvgIpc) is 3.28. The third kappa shape index (κ3) is 5.44. The van der Waals surface area contributed by atoms with Crippen LogP contribution in [0.25, 0.3) is 0 Å². The largest absolute Gasteiger partial charge is 0.322 e. The van der Waals surface area contributed by atoms with Gasteiger partial charge < -0.3 is 5.32 Å². The minimum atomic E-state index is -3.82. The molecule has 0 spiro atoms. The summed E-state index contributed by atoms with van der Waals surface area (Å²) in [5, 5.41) is 2.79. The molecule has 1 aromatic heterocycles. The first-order chi connectivity index (χ1) is 15.0. The monoisotopic (exact) mass is 437 g/mol. The van der Waals surface area contributed by atoms with Gasteiger partial charge in [0.05, 0.1) is 4.90 Å². The van der Waals surface area contributed by atoms with Gasteiger partial charge in [0.1, 0.15) is 0 Å². The average molecular weight is 438 g/mol. The Kier molecular flexibility index (Phi) is 6.24. The van der Waals surface area contributed by atoms with E-state index in [-0.39, 0.29) is 16.8 Å². The summed E-state index contributed by atoms with van der Waals surface area (Å²) in [6.07, 6.45) is 5.39. The Labute approximate surface area is 181 Å². The van der Waals surface area contributed by atoms with Gasteiger partial charge in [0.25, 0.3) is 15.9 Å². The quantitative estimate of drug-likeness (QED) is 0.589. The molecule has 2 N–H and O–H groups in total. The van der Waals surface area contributed by atoms with Crippen LogP contribution in [0.5, 0.6) is 0 Å². The van der Waals surface area contributed by atoms with E-state index in [2.05, 4.69) is 24.9 Å². The highest BCUT2D eigenvalue weighted by Gasteiger charge is 2.16. The summed E-state index contributed by atoms with van der Waals surface area (Å²) in [6.45, 7) is 3.16. The van der Waals surface area contributed by atoms with E-state index in [1.807, 2.05) is 24.3 Å². The molecule has 2 aromatic carbocycles. The Morgan fingerprint density at radius 1 is 0.935 bits per heavy atom. The van der Waals surface area contributed by atoms with Crippen molar-refractivity contribution >= 4 is 27.6 Å². The van der Waals surface area contributed by atoms with Crippen LogP contribution in [0.3, 0.4) is 0 Å². The number of amides is 1. The normalized spacial score (nSPS) is 14.3. The second kappa shape index (κ2) is 9.23. The van der Waals surface area contributed by atoms with Crippen LogP contribution >= 0.6 is 0 Å². The van der Waals surface area contributed by atoms with Gasteiger partial charge in [-0.3, -0.25) is 9.69 Å². The molecule has 9 heteroatoms. The van der Waals surface area contributed by atoms with E-state index >= 15 is 0 Å². The lowest BCUT2D eigenvalue weighted by Gasteiger charge is -2.14. The molecule has 31 heavy (non-hydrogen) atoms. The van der Waals surface area contributed by atoms with Crippen LogP contribution in [0.15, 0.2) is 71.9 Å². The van der Waals surface area contributed by atoms with Gasteiger partial charge in [-0.2, -0.15) is 0 Å². The number of rotatable bonds is 7. The fraction of sp³-hybridized carbons (Fsp3) is 0.227. The molecule has 0 unspecified atom stereocenters. The number of anilines is 2. The maximum atomic E-state index is 12.5. The summed E-state index contributed by atoms with van der Waals surface area (Å²) in [6, 6.07) is 15.1. The highest BCUT2D eigenvalue weighted by Crippen LogP contribution is 2.18. The van der Waals surface area contributed by atoms with E-state index < -0.39 is 10.0 Å². The van der Waals surface area contributed by atoms with Crippen LogP contribution in [0.4, 0.5) is 11.6 Å². The van der Waals surface area contributed by atoms with Crippen LogP contribution in [-0.2, 0) is 16.6 Å². The number of hydrogen-bond acceptors (Lipinski definition) is 6. The number of aromatic nitrogens is 2. The molecule has 1 saturated heterocycles. The van der Waals surface area contributed by atoms with E-state index in [4.69, 9.17) is 0 Å². The number of nitrogens with one attached hydrogen (secondary N) is 2. The van der Waals surface area contributed by atoms with Crippen molar-refractivity contribution in [1.82, 2.24) is 14.9 Å². The summed E-state index contributed by atoms with van der Waals surface area (Å²) in [7, 11) is -3.82. The van der Waals surface area contributed by atoms with Gasteiger partial charge in [-0.05, 0) is 74.0 Å². The van der Waals surface area contributed by atoms with Gasteiger partial charge >= 0.3 is 0 Å². The molecular formula is C22H23N5O3S. The zero-order chi connectivity index (χ0) is 21.7. The zero-order valence-electron chi connectivity index (χ0n) is 16.9. The maximum Gasteiger partial charge on any atom is 0.264 e. The topological polar surface area (TPSA) is 104 Å². The molecule has 0 atom stereocenters. The second-order valence-electron chi connectivity index (χ2n) is 7.34. The molecule has 0 aliphatic carbocycles. The van der Waals surface area contributed by atoms with Crippen LogP contribution in [0.2, 0.25) is 0 Å². The van der Waals surface area contributed by atoms with Crippen LogP contribution in [-0.4, -0.2) is 42.3 Å². The third-order valence-electron chi connectivity index (χ3n) is 5.03. The van der Waals surface area contributed by atoms with Gasteiger partial charge in [0.2, 0.25) is 5.95 Å². The number of sulfonamides is 1. The van der Waals surface area contributed by atoms with E-state index in [1.54, 1.807) is 18.2 Å². The van der Waals surface area contributed by atoms with Gasteiger partial charge in [-0.1, -0.05) is 12.1 Å². The number of benzene rings is 2. The van der Waals surface area contributed by atoms with E-state index in [9.17, 15) is 13.2 Å². The molecular weight excluding hydrogens is 414 g/mol. The van der Waals surface area contributed by atoms with Gasteiger partial charge in [-0.25, -0.2) is 23.1 Å². The van der Waals surface area contributed by atoms with Crippen LogP contribution in [0.1, 0.15) is 28.8 Å². The molecule has 1 aliphatic heterocycles. The predicted molar refractivity (Wildman–Crippen MR) is 118 cm³/mol. The van der Waals surface area contributed by atoms with Crippen molar-refractivity contribution in [2.45, 2.75) is 24.3 Å². The Hall–Kier alpha value is -3.30. The molecule has 1 amide bonds. The fourth-order valence-corrected chi connectivity index (χ4v) is 4.37. The molecule has 2 heterocycles. The van der Waals surface area contributed by atoms with E-state index in [0.29, 0.717) is 11.3 Å². The predicted octanol–water partition coefficient (Wildman–Crippen LogP) is 3.13. The molecule has 1 aliphatic rings. The highest BCUT2D eigenvalue weighted by atomic mass is 32.2. The number of carbonyl (C=O) groups is 1. The lowest BCUT2D eigenvalue weighted by molar-refractivity contribution is 0.102. The third-order valence-corrected chi connectivity index (χ3v) is 6.38. The summed E-state index contributed by atoms with van der Waals surface area (Å²) in [5.74, 6) is -0.257. The molecule has 160 valence electrons. The highest BCUT2D eigenvalue weighted by molar-refractivity contribution is 7.92. The minimum Gasteiger partial charge on any atom is -0.322 e. The summed E-state index contributed by atoms with van der Waals surface area (Å²) < 4.78 is 27.2. The Balaban J connectivity index is 1.37. The fourth-order valence-electron chi connectivity index (χ4n) is 3.41. The van der Waals surface area contributed by atoms with Crippen molar-refractivity contribution in [3.8, 4) is 0 Å². The van der Waals surface area contributed by atoms with Gasteiger partial charge in [-0.15, -0.1) is 0 Å². The van der Waals surface area contributed by atoms with Crippen LogP contribution < -0.4 is 10.0 Å². The standard InChI is InChI=1S/C22H23N5O3S/c28-21(18-6-4-17(5-7-18)16-27-14-1-2-15-27)25-19-8-10-20(11-9-19)31(29,30)26-22-23-12-3-13-24-22/h3-13H,1-2,14-16H2,(H,25,28)(H,23,24,26). The molecule has 0 radical (unpaired) electrons. The Morgan fingerprint density at radius 2 is 1.58 bits per heavy atom. The number of nitrogens with zero attached hydrogens (tertiary/aromatic N) is 3. The Morgan fingerprint density at radius 3 is 2.23 bits per heavy atom. The molecule has 3 aromatic rings. The number of hydrogen-bond donors (Lipinski definition) is 2. The van der Waals surface area contributed by atoms with Gasteiger partial charge in [0, 0.05) is 30.2 Å². The maximum absolute atomic E-state index is 12.5. The number of likely N-dealkylation sites (tertiary alicyclic amines) is 1. The minimum absolute atomic E-state index is 0.00643. The molecule has 4 rings (SSSR count). The first kappa shape index (κ1) is 21.0. The smallest absolute Gasteiger partial charge is 0.264 e. The van der Waals surface area contributed by atoms with Crippen molar-refractivity contribution in [2.75, 3.05) is 23.1 Å². The lowest BCUT2D eigenvalue weighted by Crippen LogP contribution is -2.18. The van der Waals surface area contributed by atoms with Crippen molar-refractivity contribution in [2.24, 2.45) is 0 Å². The Bertz CT molecular complexity index is 1130. The van der Waals surface area contributed by atoms with Crippen molar-refractivity contribution in [3.63, 3.8) is 0 Å². The molecule has 1 fully saturated rings. The molecule has 0 bridgehead atoms. The first-order valence-electron chi connectivity index (χ1n) is 10.0.